The van der Waals surface area contributed by atoms with Crippen molar-refractivity contribution < 1.29 is 4.74 Å². The second-order valence-corrected chi connectivity index (χ2v) is 7.02. The molecule has 6 heteroatoms. The summed E-state index contributed by atoms with van der Waals surface area (Å²) < 4.78 is 5.60. The summed E-state index contributed by atoms with van der Waals surface area (Å²) in [6, 6.07) is 0.525. The Morgan fingerprint density at radius 2 is 1.83 bits per heavy atom. The minimum absolute atomic E-state index is 0.525. The van der Waals surface area contributed by atoms with Gasteiger partial charge in [-0.25, -0.2) is 0 Å². The van der Waals surface area contributed by atoms with Crippen LogP contribution in [-0.2, 0) is 4.74 Å². The van der Waals surface area contributed by atoms with Gasteiger partial charge >= 0.3 is 0 Å². The van der Waals surface area contributed by atoms with Crippen LogP contribution in [0.3, 0.4) is 0 Å². The molecule has 142 valence electrons. The number of hydrogen-bond donors (Lipinski definition) is 2. The number of likely N-dealkylation sites (N-methyl/N-ethyl adjacent to an activating group) is 1. The number of ether oxygens (including phenoxy) is 1. The van der Waals surface area contributed by atoms with Gasteiger partial charge in [-0.15, -0.1) is 0 Å². The van der Waals surface area contributed by atoms with Crippen molar-refractivity contribution in [1.82, 2.24) is 20.4 Å². The van der Waals surface area contributed by atoms with Crippen LogP contribution in [0.4, 0.5) is 0 Å². The van der Waals surface area contributed by atoms with E-state index in [9.17, 15) is 0 Å². The van der Waals surface area contributed by atoms with Crippen LogP contribution in [0.1, 0.15) is 34.1 Å². The predicted octanol–water partition coefficient (Wildman–Crippen LogP) is 1.24. The van der Waals surface area contributed by atoms with Gasteiger partial charge in [0.2, 0.25) is 0 Å². The van der Waals surface area contributed by atoms with E-state index in [1.165, 1.54) is 13.1 Å². The van der Waals surface area contributed by atoms with Gasteiger partial charge in [0.25, 0.3) is 0 Å². The number of hydrogen-bond acceptors (Lipinski definition) is 4. The van der Waals surface area contributed by atoms with E-state index in [2.05, 4.69) is 53.1 Å². The van der Waals surface area contributed by atoms with Gasteiger partial charge in [-0.2, -0.15) is 0 Å². The first kappa shape index (κ1) is 21.2. The van der Waals surface area contributed by atoms with E-state index in [1.807, 2.05) is 7.05 Å². The van der Waals surface area contributed by atoms with Crippen molar-refractivity contribution in [3.63, 3.8) is 0 Å². The van der Waals surface area contributed by atoms with E-state index in [0.717, 1.165) is 58.3 Å². The first-order valence-corrected chi connectivity index (χ1v) is 9.55. The van der Waals surface area contributed by atoms with Gasteiger partial charge in [-0.3, -0.25) is 9.89 Å². The maximum absolute atomic E-state index is 5.60. The lowest BCUT2D eigenvalue weighted by Gasteiger charge is -2.37. The summed E-state index contributed by atoms with van der Waals surface area (Å²) in [5, 5.41) is 6.81. The monoisotopic (exact) mass is 341 g/mol. The van der Waals surface area contributed by atoms with E-state index >= 15 is 0 Å². The van der Waals surface area contributed by atoms with Crippen LogP contribution in [0, 0.1) is 5.92 Å². The number of rotatable bonds is 10. The van der Waals surface area contributed by atoms with Crippen LogP contribution < -0.4 is 10.6 Å². The van der Waals surface area contributed by atoms with E-state index in [4.69, 9.17) is 4.74 Å². The van der Waals surface area contributed by atoms with Crippen LogP contribution in [0.15, 0.2) is 4.99 Å². The minimum atomic E-state index is 0.525. The molecule has 1 rings (SSSR count). The van der Waals surface area contributed by atoms with Crippen LogP contribution in [0.25, 0.3) is 0 Å². The Hall–Kier alpha value is -0.850. The summed E-state index contributed by atoms with van der Waals surface area (Å²) in [5.41, 5.74) is 0. The van der Waals surface area contributed by atoms with E-state index in [0.29, 0.717) is 12.0 Å². The van der Waals surface area contributed by atoms with Crippen molar-refractivity contribution in [2.45, 2.75) is 40.2 Å². The van der Waals surface area contributed by atoms with Gasteiger partial charge < -0.3 is 20.3 Å². The molecule has 0 amide bonds. The van der Waals surface area contributed by atoms with Crippen LogP contribution in [-0.4, -0.2) is 87.9 Å². The summed E-state index contributed by atoms with van der Waals surface area (Å²) in [5.74, 6) is 1.49. The first-order chi connectivity index (χ1) is 11.6. The Kier molecular flexibility index (Phi) is 11.0. The standard InChI is InChI=1S/C18H39N5O/c1-6-22-9-11-23(12-10-22)17(4)14-21-18(19-5)20-8-7-13-24-15-16(2)3/h16-17H,6-15H2,1-5H3,(H2,19,20,21). The van der Waals surface area contributed by atoms with E-state index in [-0.39, 0.29) is 0 Å². The first-order valence-electron chi connectivity index (χ1n) is 9.55. The lowest BCUT2D eigenvalue weighted by Crippen LogP contribution is -2.53. The Balaban J connectivity index is 2.12. The van der Waals surface area contributed by atoms with Crippen molar-refractivity contribution >= 4 is 5.96 Å². The molecule has 0 spiro atoms. The molecule has 0 saturated carbocycles. The molecule has 1 heterocycles. The Morgan fingerprint density at radius 1 is 1.12 bits per heavy atom. The van der Waals surface area contributed by atoms with Crippen molar-refractivity contribution in [1.29, 1.82) is 0 Å². The largest absolute Gasteiger partial charge is 0.381 e. The van der Waals surface area contributed by atoms with Gasteiger partial charge in [0.15, 0.2) is 5.96 Å². The summed E-state index contributed by atoms with van der Waals surface area (Å²) in [7, 11) is 1.83. The summed E-state index contributed by atoms with van der Waals surface area (Å²) in [6.45, 7) is 18.2. The number of guanidine groups is 1. The number of nitrogens with one attached hydrogen (secondary N) is 2. The summed E-state index contributed by atoms with van der Waals surface area (Å²) in [6.07, 6.45) is 1.00. The lowest BCUT2D eigenvalue weighted by atomic mass is 10.2. The van der Waals surface area contributed by atoms with Crippen molar-refractivity contribution in [2.24, 2.45) is 10.9 Å². The zero-order chi connectivity index (χ0) is 17.8. The van der Waals surface area contributed by atoms with Gasteiger partial charge in [-0.1, -0.05) is 20.8 Å². The highest BCUT2D eigenvalue weighted by molar-refractivity contribution is 5.79. The molecule has 1 atom stereocenters. The van der Waals surface area contributed by atoms with Crippen LogP contribution >= 0.6 is 0 Å². The van der Waals surface area contributed by atoms with E-state index in [1.54, 1.807) is 0 Å². The van der Waals surface area contributed by atoms with Crippen LogP contribution in [0.2, 0.25) is 0 Å². The number of aliphatic imine (C=N–C) groups is 1. The molecule has 0 aliphatic carbocycles. The van der Waals surface area contributed by atoms with Gasteiger partial charge in [0.1, 0.15) is 0 Å². The minimum Gasteiger partial charge on any atom is -0.381 e. The maximum atomic E-state index is 5.60. The Bertz CT molecular complexity index is 340. The summed E-state index contributed by atoms with van der Waals surface area (Å²) in [4.78, 5) is 9.38. The van der Waals surface area contributed by atoms with Crippen molar-refractivity contribution in [3.8, 4) is 0 Å². The maximum Gasteiger partial charge on any atom is 0.191 e. The SMILES string of the molecule is CCN1CCN(C(C)CNC(=NC)NCCCOCC(C)C)CC1. The van der Waals surface area contributed by atoms with Gasteiger partial charge in [-0.05, 0) is 25.8 Å². The molecule has 0 radical (unpaired) electrons. The highest BCUT2D eigenvalue weighted by Gasteiger charge is 2.20. The molecule has 1 fully saturated rings. The molecule has 1 saturated heterocycles. The zero-order valence-electron chi connectivity index (χ0n) is 16.5. The fourth-order valence-electron chi connectivity index (χ4n) is 2.81. The third-order valence-corrected chi connectivity index (χ3v) is 4.48. The fraction of sp³-hybridized carbons (Fsp3) is 0.944. The molecule has 0 bridgehead atoms. The normalized spacial score (nSPS) is 18.8. The molecule has 1 aliphatic rings. The number of piperazine rings is 1. The van der Waals surface area contributed by atoms with Crippen molar-refractivity contribution in [2.75, 3.05) is 66.1 Å². The third kappa shape index (κ3) is 8.85. The van der Waals surface area contributed by atoms with Gasteiger partial charge in [0.05, 0.1) is 0 Å². The molecule has 0 aromatic rings. The third-order valence-electron chi connectivity index (χ3n) is 4.48. The van der Waals surface area contributed by atoms with E-state index < -0.39 is 0 Å². The molecule has 2 N–H and O–H groups in total. The van der Waals surface area contributed by atoms with Gasteiger partial charge in [0, 0.05) is 65.6 Å². The predicted molar refractivity (Wildman–Crippen MR) is 103 cm³/mol. The molecule has 24 heavy (non-hydrogen) atoms. The molecule has 0 aromatic heterocycles. The topological polar surface area (TPSA) is 52.1 Å². The number of nitrogens with zero attached hydrogens (tertiary/aromatic N) is 3. The Labute approximate surface area is 149 Å². The molecule has 0 aromatic carbocycles. The molecule has 6 nitrogen and oxygen atoms in total. The highest BCUT2D eigenvalue weighted by Crippen LogP contribution is 2.05. The lowest BCUT2D eigenvalue weighted by molar-refractivity contribution is 0.107. The van der Waals surface area contributed by atoms with Crippen molar-refractivity contribution in [3.05, 3.63) is 0 Å². The molecule has 1 aliphatic heterocycles. The average Bonchev–Trinajstić information content (AvgIpc) is 2.60. The fourth-order valence-corrected chi connectivity index (χ4v) is 2.81. The quantitative estimate of drug-likeness (QED) is 0.356. The Morgan fingerprint density at radius 3 is 2.42 bits per heavy atom. The second kappa shape index (κ2) is 12.5. The zero-order valence-corrected chi connectivity index (χ0v) is 16.5. The molecule has 1 unspecified atom stereocenters. The van der Waals surface area contributed by atoms with Crippen LogP contribution in [0.5, 0.6) is 0 Å². The summed E-state index contributed by atoms with van der Waals surface area (Å²) >= 11 is 0. The molecular weight excluding hydrogens is 302 g/mol. The smallest absolute Gasteiger partial charge is 0.191 e. The second-order valence-electron chi connectivity index (χ2n) is 7.02. The average molecular weight is 342 g/mol. The molecular formula is C18H39N5O. The highest BCUT2D eigenvalue weighted by atomic mass is 16.5.